The predicted octanol–water partition coefficient (Wildman–Crippen LogP) is 2.19. The van der Waals surface area contributed by atoms with Gasteiger partial charge in [0, 0.05) is 25.5 Å². The average molecular weight is 345 g/mol. The van der Waals surface area contributed by atoms with E-state index in [1.165, 1.54) is 0 Å². The van der Waals surface area contributed by atoms with Crippen molar-refractivity contribution in [2.75, 3.05) is 25.0 Å². The molecular formula is C18H27N5O2. The fraction of sp³-hybridized carbons (Fsp3) is 0.611. The molecule has 0 aliphatic carbocycles. The van der Waals surface area contributed by atoms with Gasteiger partial charge in [0.2, 0.25) is 5.89 Å². The van der Waals surface area contributed by atoms with Crippen molar-refractivity contribution < 1.29 is 4.42 Å². The maximum atomic E-state index is 12.2. The Morgan fingerprint density at radius 2 is 2.08 bits per heavy atom. The SMILES string of the molecule is CCn1ccnc(NCC2CCN(Cc3nc(C)c(C)o3)CC2)c1=O. The van der Waals surface area contributed by atoms with Crippen LogP contribution in [0.5, 0.6) is 0 Å². The lowest BCUT2D eigenvalue weighted by molar-refractivity contribution is 0.167. The maximum absolute atomic E-state index is 12.2. The van der Waals surface area contributed by atoms with Crippen molar-refractivity contribution in [3.05, 3.63) is 40.1 Å². The quantitative estimate of drug-likeness (QED) is 0.865. The summed E-state index contributed by atoms with van der Waals surface area (Å²) in [5.74, 6) is 2.72. The fourth-order valence-corrected chi connectivity index (χ4v) is 3.21. The molecule has 2 aromatic heterocycles. The van der Waals surface area contributed by atoms with Gasteiger partial charge in [-0.1, -0.05) is 0 Å². The van der Waals surface area contributed by atoms with Crippen LogP contribution in [0.25, 0.3) is 0 Å². The molecule has 0 amide bonds. The molecule has 3 rings (SSSR count). The zero-order valence-corrected chi connectivity index (χ0v) is 15.3. The van der Waals surface area contributed by atoms with Gasteiger partial charge in [-0.2, -0.15) is 0 Å². The number of oxazole rings is 1. The molecule has 1 N–H and O–H groups in total. The third-order valence-electron chi connectivity index (χ3n) is 4.95. The van der Waals surface area contributed by atoms with E-state index in [-0.39, 0.29) is 5.56 Å². The van der Waals surface area contributed by atoms with Gasteiger partial charge < -0.3 is 14.3 Å². The topological polar surface area (TPSA) is 76.2 Å². The molecule has 1 fully saturated rings. The van der Waals surface area contributed by atoms with Gasteiger partial charge in [-0.05, 0) is 52.6 Å². The minimum atomic E-state index is -0.0444. The lowest BCUT2D eigenvalue weighted by Gasteiger charge is -2.31. The van der Waals surface area contributed by atoms with Crippen molar-refractivity contribution >= 4 is 5.82 Å². The second kappa shape index (κ2) is 7.82. The standard InChI is InChI=1S/C18H27N5O2/c1-4-23-10-7-19-17(18(23)24)20-11-15-5-8-22(9-6-15)12-16-21-13(2)14(3)25-16/h7,10,15H,4-6,8-9,11-12H2,1-3H3,(H,19,20). The molecule has 136 valence electrons. The van der Waals surface area contributed by atoms with Crippen molar-refractivity contribution in [1.82, 2.24) is 19.4 Å². The molecule has 3 heterocycles. The van der Waals surface area contributed by atoms with Crippen molar-refractivity contribution in [3.63, 3.8) is 0 Å². The van der Waals surface area contributed by atoms with Crippen LogP contribution >= 0.6 is 0 Å². The van der Waals surface area contributed by atoms with E-state index < -0.39 is 0 Å². The third kappa shape index (κ3) is 4.28. The largest absolute Gasteiger partial charge is 0.444 e. The Kier molecular flexibility index (Phi) is 5.53. The molecule has 0 atom stereocenters. The molecule has 7 heteroatoms. The van der Waals surface area contributed by atoms with Gasteiger partial charge in [0.15, 0.2) is 5.82 Å². The number of nitrogens with one attached hydrogen (secondary N) is 1. The Hall–Kier alpha value is -2.15. The zero-order valence-electron chi connectivity index (χ0n) is 15.3. The van der Waals surface area contributed by atoms with Crippen LogP contribution in [0, 0.1) is 19.8 Å². The molecule has 0 unspecified atom stereocenters. The maximum Gasteiger partial charge on any atom is 0.293 e. The highest BCUT2D eigenvalue weighted by atomic mass is 16.4. The van der Waals surface area contributed by atoms with Gasteiger partial charge in [0.25, 0.3) is 5.56 Å². The molecular weight excluding hydrogens is 318 g/mol. The number of rotatable bonds is 6. The normalized spacial score (nSPS) is 16.3. The smallest absolute Gasteiger partial charge is 0.293 e. The van der Waals surface area contributed by atoms with Gasteiger partial charge in [0.1, 0.15) is 5.76 Å². The molecule has 0 radical (unpaired) electrons. The van der Waals surface area contributed by atoms with E-state index in [1.807, 2.05) is 20.8 Å². The Morgan fingerprint density at radius 1 is 1.32 bits per heavy atom. The highest BCUT2D eigenvalue weighted by Crippen LogP contribution is 2.20. The first-order valence-corrected chi connectivity index (χ1v) is 9.01. The number of hydrogen-bond donors (Lipinski definition) is 1. The van der Waals surface area contributed by atoms with E-state index in [9.17, 15) is 4.79 Å². The van der Waals surface area contributed by atoms with Gasteiger partial charge in [-0.25, -0.2) is 9.97 Å². The van der Waals surface area contributed by atoms with E-state index in [2.05, 4.69) is 20.2 Å². The highest BCUT2D eigenvalue weighted by Gasteiger charge is 2.21. The molecule has 0 aromatic carbocycles. The summed E-state index contributed by atoms with van der Waals surface area (Å²) in [7, 11) is 0. The van der Waals surface area contributed by atoms with E-state index >= 15 is 0 Å². The second-order valence-electron chi connectivity index (χ2n) is 6.72. The van der Waals surface area contributed by atoms with E-state index in [0.29, 0.717) is 18.3 Å². The number of aryl methyl sites for hydroxylation is 3. The first kappa shape index (κ1) is 17.7. The molecule has 1 saturated heterocycles. The van der Waals surface area contributed by atoms with Crippen LogP contribution in [0.1, 0.15) is 37.1 Å². The average Bonchev–Trinajstić information content (AvgIpc) is 2.93. The van der Waals surface area contributed by atoms with E-state index in [4.69, 9.17) is 4.42 Å². The van der Waals surface area contributed by atoms with Crippen LogP contribution in [-0.4, -0.2) is 39.1 Å². The number of hydrogen-bond acceptors (Lipinski definition) is 6. The summed E-state index contributed by atoms with van der Waals surface area (Å²) in [6.07, 6.45) is 5.59. The summed E-state index contributed by atoms with van der Waals surface area (Å²) in [6, 6.07) is 0. The van der Waals surface area contributed by atoms with Crippen LogP contribution in [0.2, 0.25) is 0 Å². The molecule has 2 aromatic rings. The number of anilines is 1. The Bertz CT molecular complexity index is 740. The molecule has 1 aliphatic heterocycles. The zero-order chi connectivity index (χ0) is 17.8. The fourth-order valence-electron chi connectivity index (χ4n) is 3.21. The van der Waals surface area contributed by atoms with Crippen LogP contribution < -0.4 is 10.9 Å². The minimum Gasteiger partial charge on any atom is -0.444 e. The van der Waals surface area contributed by atoms with E-state index in [0.717, 1.165) is 56.4 Å². The summed E-state index contributed by atoms with van der Waals surface area (Å²) in [5, 5.41) is 3.24. The molecule has 7 nitrogen and oxygen atoms in total. The summed E-state index contributed by atoms with van der Waals surface area (Å²) >= 11 is 0. The monoisotopic (exact) mass is 345 g/mol. The number of nitrogens with zero attached hydrogens (tertiary/aromatic N) is 4. The van der Waals surface area contributed by atoms with Gasteiger partial charge in [0.05, 0.1) is 12.2 Å². The Morgan fingerprint density at radius 3 is 2.72 bits per heavy atom. The van der Waals surface area contributed by atoms with Crippen LogP contribution in [0.4, 0.5) is 5.82 Å². The first-order chi connectivity index (χ1) is 12.1. The molecule has 0 spiro atoms. The molecule has 25 heavy (non-hydrogen) atoms. The first-order valence-electron chi connectivity index (χ1n) is 9.01. The molecule has 0 saturated carbocycles. The highest BCUT2D eigenvalue weighted by molar-refractivity contribution is 5.30. The van der Waals surface area contributed by atoms with Crippen molar-refractivity contribution in [2.45, 2.75) is 46.7 Å². The summed E-state index contributed by atoms with van der Waals surface area (Å²) in [6.45, 7) is 10.2. The molecule has 1 aliphatic rings. The van der Waals surface area contributed by atoms with Crippen molar-refractivity contribution in [2.24, 2.45) is 5.92 Å². The van der Waals surface area contributed by atoms with Crippen molar-refractivity contribution in [3.8, 4) is 0 Å². The second-order valence-corrected chi connectivity index (χ2v) is 6.72. The number of aromatic nitrogens is 3. The van der Waals surface area contributed by atoms with Crippen LogP contribution in [0.15, 0.2) is 21.6 Å². The summed E-state index contributed by atoms with van der Waals surface area (Å²) in [4.78, 5) is 23.2. The Balaban J connectivity index is 1.47. The van der Waals surface area contributed by atoms with Crippen LogP contribution in [-0.2, 0) is 13.1 Å². The lowest BCUT2D eigenvalue weighted by atomic mass is 9.97. The molecule has 0 bridgehead atoms. The van der Waals surface area contributed by atoms with Gasteiger partial charge >= 0.3 is 0 Å². The predicted molar refractivity (Wildman–Crippen MR) is 96.6 cm³/mol. The summed E-state index contributed by atoms with van der Waals surface area (Å²) < 4.78 is 7.34. The van der Waals surface area contributed by atoms with Crippen LogP contribution in [0.3, 0.4) is 0 Å². The lowest BCUT2D eigenvalue weighted by Crippen LogP contribution is -2.36. The number of piperidine rings is 1. The third-order valence-corrected chi connectivity index (χ3v) is 4.95. The number of likely N-dealkylation sites (tertiary alicyclic amines) is 1. The van der Waals surface area contributed by atoms with Gasteiger partial charge in [-0.3, -0.25) is 9.69 Å². The summed E-state index contributed by atoms with van der Waals surface area (Å²) in [5.41, 5.74) is 0.930. The van der Waals surface area contributed by atoms with E-state index in [1.54, 1.807) is 17.0 Å². The Labute approximate surface area is 148 Å². The van der Waals surface area contributed by atoms with Gasteiger partial charge in [-0.15, -0.1) is 0 Å². The minimum absolute atomic E-state index is 0.0444. The van der Waals surface area contributed by atoms with Crippen molar-refractivity contribution in [1.29, 1.82) is 0 Å².